The van der Waals surface area contributed by atoms with E-state index < -0.39 is 0 Å². The Morgan fingerprint density at radius 2 is 1.40 bits per heavy atom. The molecule has 0 fully saturated rings. The smallest absolute Gasteiger partial charge is 0.0547 e. The first-order valence-electron chi connectivity index (χ1n) is 8.29. The number of nitrogens with zero attached hydrogens (tertiary/aromatic N) is 1. The summed E-state index contributed by atoms with van der Waals surface area (Å²) in [5.41, 5.74) is 2.21. The molecule has 0 aliphatic heterocycles. The van der Waals surface area contributed by atoms with Crippen molar-refractivity contribution >= 4 is 11.4 Å². The Balaban J connectivity index is 2.02. The lowest BCUT2D eigenvalue weighted by atomic mass is 10.1. The van der Waals surface area contributed by atoms with Gasteiger partial charge in [0.15, 0.2) is 0 Å². The Hall–Kier alpha value is -1.25. The zero-order valence-corrected chi connectivity index (χ0v) is 13.3. The van der Waals surface area contributed by atoms with Crippen LogP contribution in [0.25, 0.3) is 0 Å². The molecule has 114 valence electrons. The second-order valence-corrected chi connectivity index (χ2v) is 5.39. The van der Waals surface area contributed by atoms with Gasteiger partial charge in [-0.3, -0.25) is 4.98 Å². The highest BCUT2D eigenvalue weighted by Crippen LogP contribution is 2.13. The molecule has 0 saturated heterocycles. The number of aromatic nitrogens is 1. The first-order chi connectivity index (χ1) is 9.86. The van der Waals surface area contributed by atoms with E-state index in [4.69, 9.17) is 0 Å². The highest BCUT2D eigenvalue weighted by atomic mass is 14.9. The monoisotopic (exact) mass is 277 g/mol. The van der Waals surface area contributed by atoms with Crippen LogP contribution in [-0.4, -0.2) is 18.1 Å². The van der Waals surface area contributed by atoms with Crippen molar-refractivity contribution in [2.45, 2.75) is 65.2 Å². The fourth-order valence-electron chi connectivity index (χ4n) is 2.33. The molecule has 0 aliphatic carbocycles. The van der Waals surface area contributed by atoms with Gasteiger partial charge in [-0.05, 0) is 19.4 Å². The minimum Gasteiger partial charge on any atom is -0.384 e. The quantitative estimate of drug-likeness (QED) is 0.524. The SMILES string of the molecule is CCCCCCCCCCNc1cncc(NCC)c1. The predicted octanol–water partition coefficient (Wildman–Crippen LogP) is 5.07. The number of pyridine rings is 1. The third-order valence-electron chi connectivity index (χ3n) is 3.48. The standard InChI is InChI=1S/C17H31N3/c1-3-5-6-7-8-9-10-11-12-20-17-13-16(19-4-2)14-18-15-17/h13-15,19-20H,3-12H2,1-2H3. The van der Waals surface area contributed by atoms with Gasteiger partial charge in [0, 0.05) is 13.1 Å². The molecule has 1 heterocycles. The Bertz CT molecular complexity index is 339. The van der Waals surface area contributed by atoms with Gasteiger partial charge in [0.25, 0.3) is 0 Å². The molecular weight excluding hydrogens is 246 g/mol. The Morgan fingerprint density at radius 3 is 2.05 bits per heavy atom. The highest BCUT2D eigenvalue weighted by molar-refractivity contribution is 5.53. The molecule has 1 aromatic rings. The third-order valence-corrected chi connectivity index (χ3v) is 3.48. The maximum Gasteiger partial charge on any atom is 0.0547 e. The lowest BCUT2D eigenvalue weighted by Crippen LogP contribution is -2.03. The second-order valence-electron chi connectivity index (χ2n) is 5.39. The summed E-state index contributed by atoms with van der Waals surface area (Å²) in [7, 11) is 0. The summed E-state index contributed by atoms with van der Waals surface area (Å²) in [6.45, 7) is 6.35. The molecule has 0 unspecified atom stereocenters. The molecule has 0 spiro atoms. The summed E-state index contributed by atoms with van der Waals surface area (Å²) in [5.74, 6) is 0. The lowest BCUT2D eigenvalue weighted by molar-refractivity contribution is 0.581. The van der Waals surface area contributed by atoms with Crippen molar-refractivity contribution in [1.29, 1.82) is 0 Å². The van der Waals surface area contributed by atoms with Crippen LogP contribution in [0.15, 0.2) is 18.5 Å². The van der Waals surface area contributed by atoms with E-state index in [1.807, 2.05) is 12.4 Å². The number of hydrogen-bond donors (Lipinski definition) is 2. The lowest BCUT2D eigenvalue weighted by Gasteiger charge is -2.08. The van der Waals surface area contributed by atoms with Crippen molar-refractivity contribution in [2.75, 3.05) is 23.7 Å². The minimum atomic E-state index is 0.934. The van der Waals surface area contributed by atoms with Crippen LogP contribution in [0.1, 0.15) is 65.2 Å². The summed E-state index contributed by atoms with van der Waals surface area (Å²) < 4.78 is 0. The third kappa shape index (κ3) is 8.03. The van der Waals surface area contributed by atoms with Crippen LogP contribution < -0.4 is 10.6 Å². The molecule has 1 rings (SSSR count). The van der Waals surface area contributed by atoms with Crippen LogP contribution in [0.2, 0.25) is 0 Å². The Morgan fingerprint density at radius 1 is 0.800 bits per heavy atom. The molecule has 0 saturated carbocycles. The van der Waals surface area contributed by atoms with Crippen LogP contribution in [0, 0.1) is 0 Å². The molecule has 20 heavy (non-hydrogen) atoms. The number of rotatable bonds is 12. The molecule has 3 heteroatoms. The van der Waals surface area contributed by atoms with Crippen LogP contribution >= 0.6 is 0 Å². The topological polar surface area (TPSA) is 37.0 Å². The molecule has 1 aromatic heterocycles. The number of nitrogens with one attached hydrogen (secondary N) is 2. The van der Waals surface area contributed by atoms with Gasteiger partial charge in [-0.15, -0.1) is 0 Å². The Labute approximate surface area is 124 Å². The summed E-state index contributed by atoms with van der Waals surface area (Å²) in [6, 6.07) is 2.13. The van der Waals surface area contributed by atoms with E-state index >= 15 is 0 Å². The maximum absolute atomic E-state index is 4.24. The van der Waals surface area contributed by atoms with E-state index in [1.54, 1.807) is 0 Å². The van der Waals surface area contributed by atoms with E-state index in [0.29, 0.717) is 0 Å². The van der Waals surface area contributed by atoms with Crippen molar-refractivity contribution in [2.24, 2.45) is 0 Å². The van der Waals surface area contributed by atoms with Gasteiger partial charge in [-0.1, -0.05) is 51.9 Å². The van der Waals surface area contributed by atoms with Crippen molar-refractivity contribution in [3.63, 3.8) is 0 Å². The van der Waals surface area contributed by atoms with Gasteiger partial charge in [-0.2, -0.15) is 0 Å². The van der Waals surface area contributed by atoms with Crippen molar-refractivity contribution < 1.29 is 0 Å². The van der Waals surface area contributed by atoms with Crippen LogP contribution in [0.4, 0.5) is 11.4 Å². The summed E-state index contributed by atoms with van der Waals surface area (Å²) in [6.07, 6.45) is 14.7. The van der Waals surface area contributed by atoms with Crippen molar-refractivity contribution in [3.05, 3.63) is 18.5 Å². The van der Waals surface area contributed by atoms with Gasteiger partial charge in [0.2, 0.25) is 0 Å². The molecule has 0 aromatic carbocycles. The van der Waals surface area contributed by atoms with Gasteiger partial charge in [0.1, 0.15) is 0 Å². The molecule has 0 bridgehead atoms. The van der Waals surface area contributed by atoms with Crippen LogP contribution in [-0.2, 0) is 0 Å². The number of hydrogen-bond acceptors (Lipinski definition) is 3. The van der Waals surface area contributed by atoms with Crippen molar-refractivity contribution in [1.82, 2.24) is 4.98 Å². The molecule has 0 radical (unpaired) electrons. The first-order valence-corrected chi connectivity index (χ1v) is 8.29. The van der Waals surface area contributed by atoms with Gasteiger partial charge in [-0.25, -0.2) is 0 Å². The van der Waals surface area contributed by atoms with Crippen molar-refractivity contribution in [3.8, 4) is 0 Å². The van der Waals surface area contributed by atoms with E-state index in [1.165, 1.54) is 51.4 Å². The van der Waals surface area contributed by atoms with E-state index in [2.05, 4.69) is 35.5 Å². The van der Waals surface area contributed by atoms with Gasteiger partial charge in [0.05, 0.1) is 23.8 Å². The van der Waals surface area contributed by atoms with Gasteiger partial charge >= 0.3 is 0 Å². The first kappa shape index (κ1) is 16.8. The van der Waals surface area contributed by atoms with Crippen LogP contribution in [0.3, 0.4) is 0 Å². The Kier molecular flexibility index (Phi) is 9.72. The fraction of sp³-hybridized carbons (Fsp3) is 0.706. The molecular formula is C17H31N3. The van der Waals surface area contributed by atoms with E-state index in [-0.39, 0.29) is 0 Å². The minimum absolute atomic E-state index is 0.934. The molecule has 0 atom stereocenters. The van der Waals surface area contributed by atoms with E-state index in [0.717, 1.165) is 24.5 Å². The normalized spacial score (nSPS) is 10.5. The average molecular weight is 277 g/mol. The number of anilines is 2. The summed E-state index contributed by atoms with van der Waals surface area (Å²) in [5, 5.41) is 6.73. The summed E-state index contributed by atoms with van der Waals surface area (Å²) >= 11 is 0. The fourth-order valence-corrected chi connectivity index (χ4v) is 2.33. The number of unbranched alkanes of at least 4 members (excludes halogenated alkanes) is 7. The average Bonchev–Trinajstić information content (AvgIpc) is 2.46. The van der Waals surface area contributed by atoms with Crippen LogP contribution in [0.5, 0.6) is 0 Å². The second kappa shape index (κ2) is 11.6. The largest absolute Gasteiger partial charge is 0.384 e. The molecule has 2 N–H and O–H groups in total. The van der Waals surface area contributed by atoms with E-state index in [9.17, 15) is 0 Å². The highest BCUT2D eigenvalue weighted by Gasteiger charge is 1.96. The molecule has 3 nitrogen and oxygen atoms in total. The zero-order valence-electron chi connectivity index (χ0n) is 13.3. The predicted molar refractivity (Wildman–Crippen MR) is 89.5 cm³/mol. The zero-order chi connectivity index (χ0) is 14.5. The van der Waals surface area contributed by atoms with Gasteiger partial charge < -0.3 is 10.6 Å². The summed E-state index contributed by atoms with van der Waals surface area (Å²) in [4.78, 5) is 4.24. The molecule has 0 amide bonds. The molecule has 0 aliphatic rings. The maximum atomic E-state index is 4.24.